The Labute approximate surface area is 50.1 Å². The maximum Gasteiger partial charge on any atom is 0.136 e. The van der Waals surface area contributed by atoms with Crippen LogP contribution in [0.3, 0.4) is 0 Å². The quantitative estimate of drug-likeness (QED) is 0.582. The maximum absolute atomic E-state index is 5.46. The van der Waals surface area contributed by atoms with Crippen LogP contribution in [-0.4, -0.2) is 4.37 Å². The van der Waals surface area contributed by atoms with E-state index in [4.69, 9.17) is 17.3 Å². The topological polar surface area (TPSA) is 38.9 Å². The molecular formula is C3H3ClN2S. The second kappa shape index (κ2) is 1.68. The maximum atomic E-state index is 5.46. The molecule has 0 atom stereocenters. The van der Waals surface area contributed by atoms with Crippen LogP contribution in [0.1, 0.15) is 0 Å². The SMILES string of the molecule is Nc1cnsc1Cl. The van der Waals surface area contributed by atoms with E-state index in [1.165, 1.54) is 17.7 Å². The van der Waals surface area contributed by atoms with Gasteiger partial charge in [0, 0.05) is 0 Å². The van der Waals surface area contributed by atoms with Crippen molar-refractivity contribution in [1.82, 2.24) is 4.37 Å². The largest absolute Gasteiger partial charge is 0.396 e. The lowest BCUT2D eigenvalue weighted by molar-refractivity contribution is 1.58. The summed E-state index contributed by atoms with van der Waals surface area (Å²) in [7, 11) is 0. The third kappa shape index (κ3) is 0.838. The Hall–Kier alpha value is -0.280. The Bertz CT molecular complexity index is 145. The molecule has 1 aromatic rings. The van der Waals surface area contributed by atoms with E-state index in [2.05, 4.69) is 4.37 Å². The smallest absolute Gasteiger partial charge is 0.136 e. The fraction of sp³-hybridized carbons (Fsp3) is 0. The molecule has 7 heavy (non-hydrogen) atoms. The molecule has 38 valence electrons. The van der Waals surface area contributed by atoms with Crippen molar-refractivity contribution < 1.29 is 0 Å². The van der Waals surface area contributed by atoms with Gasteiger partial charge in [-0.25, -0.2) is 0 Å². The number of aromatic nitrogens is 1. The molecule has 1 heterocycles. The molecule has 2 N–H and O–H groups in total. The standard InChI is InChI=1S/C3H3ClN2S/c4-3-2(5)1-6-7-3/h1H,5H2. The fourth-order valence-corrected chi connectivity index (χ4v) is 0.818. The Morgan fingerprint density at radius 1 is 1.86 bits per heavy atom. The van der Waals surface area contributed by atoms with Crippen LogP contribution in [0.5, 0.6) is 0 Å². The van der Waals surface area contributed by atoms with Crippen molar-refractivity contribution in [1.29, 1.82) is 0 Å². The summed E-state index contributed by atoms with van der Waals surface area (Å²) < 4.78 is 4.28. The first-order chi connectivity index (χ1) is 3.30. The molecule has 1 rings (SSSR count). The van der Waals surface area contributed by atoms with Gasteiger partial charge in [-0.15, -0.1) is 0 Å². The molecule has 0 aromatic carbocycles. The van der Waals surface area contributed by atoms with E-state index in [0.29, 0.717) is 10.0 Å². The third-order valence-corrected chi connectivity index (χ3v) is 1.58. The molecule has 2 nitrogen and oxygen atoms in total. The van der Waals surface area contributed by atoms with Crippen molar-refractivity contribution in [3.63, 3.8) is 0 Å². The number of nitrogens with zero attached hydrogens (tertiary/aromatic N) is 1. The number of hydrogen-bond donors (Lipinski definition) is 1. The molecule has 4 heteroatoms. The van der Waals surface area contributed by atoms with Crippen molar-refractivity contribution in [3.05, 3.63) is 10.5 Å². The lowest BCUT2D eigenvalue weighted by atomic mass is 10.6. The zero-order valence-electron chi connectivity index (χ0n) is 3.39. The number of halogens is 1. The van der Waals surface area contributed by atoms with Crippen LogP contribution < -0.4 is 5.73 Å². The lowest BCUT2D eigenvalue weighted by Gasteiger charge is -1.75. The number of nitrogens with two attached hydrogens (primary N) is 1. The molecule has 0 unspecified atom stereocenters. The highest BCUT2D eigenvalue weighted by Crippen LogP contribution is 2.20. The molecule has 0 radical (unpaired) electrons. The second-order valence-corrected chi connectivity index (χ2v) is 2.46. The van der Waals surface area contributed by atoms with Crippen molar-refractivity contribution in [2.45, 2.75) is 0 Å². The zero-order valence-corrected chi connectivity index (χ0v) is 4.96. The Morgan fingerprint density at radius 3 is 2.71 bits per heavy atom. The van der Waals surface area contributed by atoms with E-state index in [1.807, 2.05) is 0 Å². The highest BCUT2D eigenvalue weighted by atomic mass is 35.5. The minimum atomic E-state index is 0.562. The van der Waals surface area contributed by atoms with Crippen LogP contribution in [0.15, 0.2) is 6.20 Å². The Morgan fingerprint density at radius 2 is 2.57 bits per heavy atom. The molecule has 0 aliphatic carbocycles. The second-order valence-electron chi connectivity index (χ2n) is 1.05. The van der Waals surface area contributed by atoms with Gasteiger partial charge in [-0.05, 0) is 11.5 Å². The zero-order chi connectivity index (χ0) is 5.28. The summed E-state index contributed by atoms with van der Waals surface area (Å²) >= 11 is 6.65. The van der Waals surface area contributed by atoms with E-state index in [1.54, 1.807) is 0 Å². The highest BCUT2D eigenvalue weighted by molar-refractivity contribution is 7.11. The minimum Gasteiger partial charge on any atom is -0.396 e. The molecule has 0 aliphatic rings. The average Bonchev–Trinajstić information content (AvgIpc) is 1.91. The third-order valence-electron chi connectivity index (χ3n) is 0.552. The number of rotatable bonds is 0. The van der Waals surface area contributed by atoms with Crippen LogP contribution in [0.2, 0.25) is 4.34 Å². The molecule has 1 aromatic heterocycles. The van der Waals surface area contributed by atoms with Gasteiger partial charge in [-0.2, -0.15) is 4.37 Å². The summed E-state index contributed by atoms with van der Waals surface area (Å²) in [6, 6.07) is 0. The average molecular weight is 135 g/mol. The predicted molar refractivity (Wildman–Crippen MR) is 31.5 cm³/mol. The molecule has 0 fully saturated rings. The highest BCUT2D eigenvalue weighted by Gasteiger charge is 1.92. The number of hydrogen-bond acceptors (Lipinski definition) is 3. The van der Waals surface area contributed by atoms with Crippen LogP contribution >= 0.6 is 23.1 Å². The van der Waals surface area contributed by atoms with Crippen molar-refractivity contribution in [2.75, 3.05) is 5.73 Å². The van der Waals surface area contributed by atoms with Crippen molar-refractivity contribution in [2.24, 2.45) is 0 Å². The van der Waals surface area contributed by atoms with E-state index >= 15 is 0 Å². The van der Waals surface area contributed by atoms with Crippen molar-refractivity contribution >= 4 is 28.8 Å². The molecule has 0 saturated carbocycles. The van der Waals surface area contributed by atoms with Gasteiger partial charge < -0.3 is 5.73 Å². The van der Waals surface area contributed by atoms with Gasteiger partial charge in [0.2, 0.25) is 0 Å². The van der Waals surface area contributed by atoms with Gasteiger partial charge in [-0.1, -0.05) is 11.6 Å². The fourth-order valence-electron chi connectivity index (χ4n) is 0.233. The summed E-state index contributed by atoms with van der Waals surface area (Å²) in [5.41, 5.74) is 5.82. The van der Waals surface area contributed by atoms with E-state index in [0.717, 1.165) is 0 Å². The van der Waals surface area contributed by atoms with Crippen molar-refractivity contribution in [3.8, 4) is 0 Å². The molecule has 0 aliphatic heterocycles. The van der Waals surface area contributed by atoms with Gasteiger partial charge in [0.05, 0.1) is 11.9 Å². The molecule has 0 saturated heterocycles. The monoisotopic (exact) mass is 134 g/mol. The van der Waals surface area contributed by atoms with Crippen LogP contribution in [0, 0.1) is 0 Å². The number of nitrogen functional groups attached to an aromatic ring is 1. The van der Waals surface area contributed by atoms with Gasteiger partial charge >= 0.3 is 0 Å². The van der Waals surface area contributed by atoms with E-state index in [9.17, 15) is 0 Å². The lowest BCUT2D eigenvalue weighted by Crippen LogP contribution is -1.77. The number of anilines is 1. The minimum absolute atomic E-state index is 0.562. The van der Waals surface area contributed by atoms with E-state index in [-0.39, 0.29) is 0 Å². The molecule has 0 amide bonds. The molecular weight excluding hydrogens is 132 g/mol. The van der Waals surface area contributed by atoms with Gasteiger partial charge in [0.1, 0.15) is 4.34 Å². The summed E-state index contributed by atoms with van der Waals surface area (Å²) in [5, 5.41) is 0. The predicted octanol–water partition coefficient (Wildman–Crippen LogP) is 1.38. The van der Waals surface area contributed by atoms with Gasteiger partial charge in [0.25, 0.3) is 0 Å². The first-order valence-corrected chi connectivity index (χ1v) is 2.81. The normalized spacial score (nSPS) is 9.29. The van der Waals surface area contributed by atoms with Crippen LogP contribution in [-0.2, 0) is 0 Å². The first kappa shape index (κ1) is 4.87. The van der Waals surface area contributed by atoms with E-state index < -0.39 is 0 Å². The van der Waals surface area contributed by atoms with Gasteiger partial charge in [0.15, 0.2) is 0 Å². The Kier molecular flexibility index (Phi) is 1.17. The first-order valence-electron chi connectivity index (χ1n) is 1.66. The summed E-state index contributed by atoms with van der Waals surface area (Å²) in [4.78, 5) is 0. The molecule has 0 spiro atoms. The van der Waals surface area contributed by atoms with Crippen LogP contribution in [0.4, 0.5) is 5.69 Å². The summed E-state index contributed by atoms with van der Waals surface area (Å²) in [6.45, 7) is 0. The summed E-state index contributed by atoms with van der Waals surface area (Å²) in [6.07, 6.45) is 1.53. The van der Waals surface area contributed by atoms with Crippen LogP contribution in [0.25, 0.3) is 0 Å². The molecule has 0 bridgehead atoms. The van der Waals surface area contributed by atoms with Gasteiger partial charge in [-0.3, -0.25) is 0 Å². The Balaban J connectivity index is 3.12. The summed E-state index contributed by atoms with van der Waals surface area (Å²) in [5.74, 6) is 0.